The molecule has 0 amide bonds. The lowest BCUT2D eigenvalue weighted by Crippen LogP contribution is -2.76. The zero-order valence-corrected chi connectivity index (χ0v) is 18.8. The molecule has 1 fully saturated rings. The second-order valence-corrected chi connectivity index (χ2v) is 8.67. The van der Waals surface area contributed by atoms with E-state index >= 15 is 0 Å². The Labute approximate surface area is 182 Å². The fourth-order valence-corrected chi connectivity index (χ4v) is 4.58. The highest BCUT2D eigenvalue weighted by molar-refractivity contribution is 9.10. The van der Waals surface area contributed by atoms with Crippen LogP contribution in [0.2, 0.25) is 5.02 Å². The van der Waals surface area contributed by atoms with Crippen LogP contribution >= 0.6 is 35.4 Å². The molecule has 6 atom stereocenters. The lowest BCUT2D eigenvalue weighted by atomic mass is 9.68. The molecule has 16 heteroatoms. The van der Waals surface area contributed by atoms with Crippen LogP contribution < -0.4 is 22.1 Å². The monoisotopic (exact) mass is 537 g/mol. The first-order valence-electron chi connectivity index (χ1n) is 7.61. The average molecular weight is 539 g/mol. The summed E-state index contributed by atoms with van der Waals surface area (Å²) in [6, 6.07) is 2.99. The van der Waals surface area contributed by atoms with Crippen LogP contribution in [0.4, 0.5) is 0 Å². The van der Waals surface area contributed by atoms with Gasteiger partial charge in [0, 0.05) is 27.1 Å². The number of quaternary nitrogens is 2. The molecule has 2 aromatic rings. The van der Waals surface area contributed by atoms with Gasteiger partial charge in [-0.3, -0.25) is 0 Å². The smallest absolute Gasteiger partial charge is 0.235 e. The van der Waals surface area contributed by atoms with Gasteiger partial charge in [-0.25, -0.2) is 0 Å². The molecule has 0 unspecified atom stereocenters. The maximum Gasteiger partial charge on any atom is 0.235 e. The van der Waals surface area contributed by atoms with E-state index in [2.05, 4.69) is 25.4 Å². The van der Waals surface area contributed by atoms with Gasteiger partial charge in [-0.1, -0.05) is 11.6 Å². The molecule has 1 aliphatic rings. The summed E-state index contributed by atoms with van der Waals surface area (Å²) in [5.74, 6) is -3.77. The molecule has 1 aliphatic carbocycles. The average Bonchev–Trinajstić information content (AvgIpc) is 3.04. The summed E-state index contributed by atoms with van der Waals surface area (Å²) < 4.78 is 15.5. The van der Waals surface area contributed by atoms with Crippen molar-refractivity contribution in [2.24, 2.45) is 0 Å². The van der Waals surface area contributed by atoms with Gasteiger partial charge in [0.15, 0.2) is 5.60 Å². The van der Waals surface area contributed by atoms with Crippen LogP contribution in [-0.4, -0.2) is 65.8 Å². The highest BCUT2D eigenvalue weighted by Gasteiger charge is 2.69. The topological polar surface area (TPSA) is 283 Å². The van der Waals surface area contributed by atoms with Crippen molar-refractivity contribution < 1.29 is 49.5 Å². The first-order chi connectivity index (χ1) is 12.8. The van der Waals surface area contributed by atoms with Gasteiger partial charge in [0.05, 0.1) is 12.8 Å². The second-order valence-electron chi connectivity index (χ2n) is 6.36. The Kier molecular flexibility index (Phi) is 7.92. The van der Waals surface area contributed by atoms with Gasteiger partial charge < -0.3 is 66.8 Å². The van der Waals surface area contributed by atoms with Crippen LogP contribution in [0.25, 0.3) is 10.9 Å². The summed E-state index contributed by atoms with van der Waals surface area (Å²) in [5, 5.41) is 62.3. The zero-order chi connectivity index (χ0) is 21.2. The number of hydrogen-bond donors (Lipinski definition) is 9. The van der Waals surface area contributed by atoms with E-state index in [4.69, 9.17) is 11.6 Å². The maximum atomic E-state index is 11.2. The molecule has 0 radical (unpaired) electrons. The minimum Gasteiger partial charge on any atom is -0.790 e. The molecule has 30 heavy (non-hydrogen) atoms. The SMILES string of the molecule is O=P([O-])([O-])O[C@]1(O)[C@H](O)[C@H](O)[C@@H](O)[C@H](O)[C@@]1(O)c1c[nH]c2ccc(Br)c(Cl)c12.[NH4+].[NH4+]. The predicted octanol–water partition coefficient (Wildman–Crippen LogP) is -1.49. The molecular weight excluding hydrogens is 516 g/mol. The van der Waals surface area contributed by atoms with E-state index in [0.717, 1.165) is 6.20 Å². The molecule has 0 saturated heterocycles. The number of rotatable bonds is 3. The molecule has 0 bridgehead atoms. The van der Waals surface area contributed by atoms with Gasteiger partial charge in [-0.15, -0.1) is 0 Å². The summed E-state index contributed by atoms with van der Waals surface area (Å²) in [7, 11) is -6.10. The van der Waals surface area contributed by atoms with Crippen molar-refractivity contribution in [3.05, 3.63) is 33.4 Å². The van der Waals surface area contributed by atoms with Crippen LogP contribution in [0.1, 0.15) is 5.56 Å². The Morgan fingerprint density at radius 2 is 1.63 bits per heavy atom. The standard InChI is InChI=1S/C14H16BrClNO10P.2H3N/c15-5-1-2-6-7(8(5)16)4(3-17-6)13(22)11(20)9(18)10(19)12(21)14(13,23)27-28(24,25)26;;/h1-3,9-12,17-23H,(H2,24,25,26);2*1H3/t9-,10-,11+,12-,13+,14-;;/m1../s1. The molecule has 1 saturated carbocycles. The Hall–Kier alpha value is -0.680. The van der Waals surface area contributed by atoms with Crippen molar-refractivity contribution in [2.75, 3.05) is 0 Å². The number of aromatic nitrogens is 1. The van der Waals surface area contributed by atoms with Crippen molar-refractivity contribution >= 4 is 46.3 Å². The Morgan fingerprint density at radius 3 is 2.17 bits per heavy atom. The minimum absolute atomic E-state index is 0. The van der Waals surface area contributed by atoms with Crippen molar-refractivity contribution in [1.82, 2.24) is 17.3 Å². The van der Waals surface area contributed by atoms with Gasteiger partial charge in [-0.05, 0) is 28.1 Å². The highest BCUT2D eigenvalue weighted by atomic mass is 79.9. The van der Waals surface area contributed by atoms with E-state index in [1.165, 1.54) is 12.1 Å². The van der Waals surface area contributed by atoms with Crippen molar-refractivity contribution in [3.8, 4) is 0 Å². The zero-order valence-electron chi connectivity index (χ0n) is 15.6. The number of aliphatic hydroxyl groups excluding tert-OH is 4. The predicted molar refractivity (Wildman–Crippen MR) is 105 cm³/mol. The third-order valence-corrected chi connectivity index (χ3v) is 6.55. The number of aliphatic hydroxyl groups is 6. The van der Waals surface area contributed by atoms with Crippen LogP contribution in [0.3, 0.4) is 0 Å². The van der Waals surface area contributed by atoms with Crippen LogP contribution in [0.5, 0.6) is 0 Å². The number of phosphoric acid groups is 1. The van der Waals surface area contributed by atoms with Gasteiger partial charge in [0.25, 0.3) is 0 Å². The fraction of sp³-hybridized carbons (Fsp3) is 0.429. The number of fused-ring (bicyclic) bond motifs is 1. The third-order valence-electron chi connectivity index (χ3n) is 4.77. The Morgan fingerprint density at radius 1 is 1.10 bits per heavy atom. The lowest BCUT2D eigenvalue weighted by Gasteiger charge is -2.56. The van der Waals surface area contributed by atoms with E-state index in [1.807, 2.05) is 0 Å². The summed E-state index contributed by atoms with van der Waals surface area (Å²) in [4.78, 5) is 25.0. The summed E-state index contributed by atoms with van der Waals surface area (Å²) >= 11 is 9.33. The van der Waals surface area contributed by atoms with Gasteiger partial charge in [-0.2, -0.15) is 0 Å². The number of H-pyrrole nitrogens is 1. The van der Waals surface area contributed by atoms with Crippen molar-refractivity contribution in [1.29, 1.82) is 0 Å². The Balaban J connectivity index is 0.00000225. The Bertz CT molecular complexity index is 975. The summed E-state index contributed by atoms with van der Waals surface area (Å²) in [6.45, 7) is 0. The molecular formula is C14H22BrClN3O10P. The van der Waals surface area contributed by atoms with Crippen molar-refractivity contribution in [3.63, 3.8) is 0 Å². The molecule has 15 N–H and O–H groups in total. The van der Waals surface area contributed by atoms with Gasteiger partial charge >= 0.3 is 0 Å². The van der Waals surface area contributed by atoms with E-state index < -0.39 is 49.2 Å². The number of halogens is 2. The van der Waals surface area contributed by atoms with Crippen LogP contribution in [0.15, 0.2) is 22.8 Å². The normalized spacial score (nSPS) is 34.3. The number of benzene rings is 1. The van der Waals surface area contributed by atoms with E-state index in [9.17, 15) is 45.0 Å². The molecule has 1 heterocycles. The molecule has 0 aliphatic heterocycles. The highest BCUT2D eigenvalue weighted by Crippen LogP contribution is 2.53. The first kappa shape index (κ1) is 27.4. The molecule has 1 aromatic carbocycles. The van der Waals surface area contributed by atoms with Gasteiger partial charge in [0.1, 0.15) is 24.4 Å². The second kappa shape index (κ2) is 8.69. The fourth-order valence-electron chi connectivity index (χ4n) is 3.39. The van der Waals surface area contributed by atoms with E-state index in [0.29, 0.717) is 4.47 Å². The first-order valence-corrected chi connectivity index (χ1v) is 10.2. The molecule has 3 rings (SSSR count). The third kappa shape index (κ3) is 3.83. The summed E-state index contributed by atoms with van der Waals surface area (Å²) in [5.41, 5.74) is -3.59. The van der Waals surface area contributed by atoms with Crippen LogP contribution in [-0.2, 0) is 14.7 Å². The molecule has 13 nitrogen and oxygen atoms in total. The van der Waals surface area contributed by atoms with E-state index in [-0.39, 0.29) is 28.2 Å². The largest absolute Gasteiger partial charge is 0.790 e. The molecule has 172 valence electrons. The quantitative estimate of drug-likeness (QED) is 0.161. The van der Waals surface area contributed by atoms with Crippen molar-refractivity contribution in [2.45, 2.75) is 35.8 Å². The van der Waals surface area contributed by atoms with Crippen LogP contribution in [0, 0.1) is 0 Å². The maximum absolute atomic E-state index is 11.2. The molecule has 0 spiro atoms. The van der Waals surface area contributed by atoms with E-state index in [1.54, 1.807) is 0 Å². The molecule has 1 aromatic heterocycles. The number of phosphoric ester groups is 1. The lowest BCUT2D eigenvalue weighted by molar-refractivity contribution is -0.420. The minimum atomic E-state index is -6.10. The number of nitrogens with one attached hydrogen (secondary N) is 1. The van der Waals surface area contributed by atoms with Gasteiger partial charge in [0.2, 0.25) is 5.79 Å². The summed E-state index contributed by atoms with van der Waals surface area (Å²) in [6.07, 6.45) is -8.88. The number of aromatic amines is 1. The number of hydrogen-bond acceptors (Lipinski definition) is 10.